The van der Waals surface area contributed by atoms with E-state index in [0.29, 0.717) is 22.6 Å². The first-order valence-corrected chi connectivity index (χ1v) is 6.70. The van der Waals surface area contributed by atoms with Crippen LogP contribution < -0.4 is 10.1 Å². The lowest BCUT2D eigenvalue weighted by atomic mass is 10.0. The molecule has 0 saturated carbocycles. The summed E-state index contributed by atoms with van der Waals surface area (Å²) in [5.41, 5.74) is 2.02. The Kier molecular flexibility index (Phi) is 3.62. The number of ether oxygens (including phenoxy) is 1. The lowest BCUT2D eigenvalue weighted by Gasteiger charge is -2.18. The number of nitrogens with one attached hydrogen (secondary N) is 1. The van der Waals surface area contributed by atoms with Gasteiger partial charge in [-0.05, 0) is 29.3 Å². The molecule has 2 aromatic carbocycles. The second-order valence-corrected chi connectivity index (χ2v) is 4.82. The van der Waals surface area contributed by atoms with Crippen molar-refractivity contribution in [2.75, 3.05) is 11.9 Å². The molecule has 110 valence electrons. The molecule has 2 aromatic rings. The smallest absolute Gasteiger partial charge is 0.336 e. The summed E-state index contributed by atoms with van der Waals surface area (Å²) in [6.45, 7) is -0.00736. The van der Waals surface area contributed by atoms with Crippen LogP contribution >= 0.6 is 0 Å². The van der Waals surface area contributed by atoms with Gasteiger partial charge in [0.1, 0.15) is 5.75 Å². The van der Waals surface area contributed by atoms with Crippen LogP contribution in [0.15, 0.2) is 48.5 Å². The number of amides is 1. The summed E-state index contributed by atoms with van der Waals surface area (Å²) in [6.07, 6.45) is 1.57. The zero-order chi connectivity index (χ0) is 15.5. The van der Waals surface area contributed by atoms with Gasteiger partial charge in [0, 0.05) is 0 Å². The number of hydrogen-bond donors (Lipinski definition) is 2. The van der Waals surface area contributed by atoms with Gasteiger partial charge < -0.3 is 15.2 Å². The summed E-state index contributed by atoms with van der Waals surface area (Å²) in [5.74, 6) is -0.660. The van der Waals surface area contributed by atoms with Crippen LogP contribution in [0.2, 0.25) is 0 Å². The largest absolute Gasteiger partial charge is 0.482 e. The quantitative estimate of drug-likeness (QED) is 0.674. The number of carboxylic acids is 1. The maximum atomic E-state index is 11.5. The normalized spacial score (nSPS) is 13.8. The fourth-order valence-electron chi connectivity index (χ4n) is 2.24. The minimum atomic E-state index is -1.01. The molecule has 0 saturated heterocycles. The highest BCUT2D eigenvalue weighted by atomic mass is 16.5. The molecular formula is C17H13NO4. The van der Waals surface area contributed by atoms with Crippen LogP contribution in [0, 0.1) is 0 Å². The third-order valence-corrected chi connectivity index (χ3v) is 3.26. The van der Waals surface area contributed by atoms with Crippen molar-refractivity contribution >= 4 is 29.2 Å². The molecule has 0 aliphatic carbocycles. The van der Waals surface area contributed by atoms with E-state index in [1.807, 2.05) is 6.07 Å². The predicted octanol–water partition coefficient (Wildman–Crippen LogP) is 2.64. The topological polar surface area (TPSA) is 75.6 Å². The molecule has 3 rings (SSSR count). The Morgan fingerprint density at radius 1 is 1.18 bits per heavy atom. The number of hydrogen-bond acceptors (Lipinski definition) is 3. The van der Waals surface area contributed by atoms with Crippen molar-refractivity contribution in [3.63, 3.8) is 0 Å². The fourth-order valence-corrected chi connectivity index (χ4v) is 2.24. The highest BCUT2D eigenvalue weighted by Crippen LogP contribution is 2.30. The van der Waals surface area contributed by atoms with E-state index < -0.39 is 5.97 Å². The number of fused-ring (bicyclic) bond motifs is 1. The van der Waals surface area contributed by atoms with Crippen LogP contribution in [-0.2, 0) is 9.59 Å². The maximum Gasteiger partial charge on any atom is 0.336 e. The molecular weight excluding hydrogens is 282 g/mol. The van der Waals surface area contributed by atoms with Crippen molar-refractivity contribution in [1.29, 1.82) is 0 Å². The lowest BCUT2D eigenvalue weighted by Crippen LogP contribution is -2.25. The Bertz CT molecular complexity index is 765. The van der Waals surface area contributed by atoms with Gasteiger partial charge in [-0.15, -0.1) is 0 Å². The van der Waals surface area contributed by atoms with Gasteiger partial charge in [-0.25, -0.2) is 4.79 Å². The molecule has 0 spiro atoms. The number of carbonyl (C=O) groups is 2. The second-order valence-electron chi connectivity index (χ2n) is 4.82. The molecule has 22 heavy (non-hydrogen) atoms. The van der Waals surface area contributed by atoms with Crippen molar-refractivity contribution in [3.8, 4) is 5.75 Å². The average Bonchev–Trinajstić information content (AvgIpc) is 2.52. The monoisotopic (exact) mass is 295 g/mol. The summed E-state index contributed by atoms with van der Waals surface area (Å²) < 4.78 is 5.28. The van der Waals surface area contributed by atoms with Crippen molar-refractivity contribution in [3.05, 3.63) is 59.7 Å². The summed E-state index contributed by atoms with van der Waals surface area (Å²) in [5, 5.41) is 12.1. The van der Waals surface area contributed by atoms with E-state index in [4.69, 9.17) is 4.74 Å². The molecule has 1 aliphatic rings. The van der Waals surface area contributed by atoms with Gasteiger partial charge in [0.2, 0.25) is 0 Å². The Morgan fingerprint density at radius 3 is 2.68 bits per heavy atom. The lowest BCUT2D eigenvalue weighted by molar-refractivity contribution is -0.130. The molecule has 0 bridgehead atoms. The predicted molar refractivity (Wildman–Crippen MR) is 82.5 cm³/mol. The van der Waals surface area contributed by atoms with E-state index in [1.54, 1.807) is 48.5 Å². The first kappa shape index (κ1) is 13.9. The SMILES string of the molecule is O=C1COc2ccc(/C=C(/C(=O)O)c3ccccc3)cc2N1. The molecule has 5 heteroatoms. The van der Waals surface area contributed by atoms with E-state index >= 15 is 0 Å². The summed E-state index contributed by atoms with van der Waals surface area (Å²) in [4.78, 5) is 22.8. The van der Waals surface area contributed by atoms with E-state index in [0.717, 1.165) is 0 Å². The van der Waals surface area contributed by atoms with Gasteiger partial charge in [-0.2, -0.15) is 0 Å². The standard InChI is InChI=1S/C17H13NO4/c19-16-10-22-15-7-6-11(9-14(15)18-16)8-13(17(20)21)12-4-2-1-3-5-12/h1-9H,10H2,(H,18,19)(H,20,21)/b13-8+. The van der Waals surface area contributed by atoms with Crippen molar-refractivity contribution < 1.29 is 19.4 Å². The maximum absolute atomic E-state index is 11.5. The molecule has 1 amide bonds. The van der Waals surface area contributed by atoms with Crippen molar-refractivity contribution in [1.82, 2.24) is 0 Å². The van der Waals surface area contributed by atoms with E-state index in [-0.39, 0.29) is 18.1 Å². The number of rotatable bonds is 3. The molecule has 0 radical (unpaired) electrons. The fraction of sp³-hybridized carbons (Fsp3) is 0.0588. The second kappa shape index (κ2) is 5.73. The Hall–Kier alpha value is -3.08. The summed E-state index contributed by atoms with van der Waals surface area (Å²) in [7, 11) is 0. The van der Waals surface area contributed by atoms with Gasteiger partial charge in [0.25, 0.3) is 5.91 Å². The highest BCUT2D eigenvalue weighted by Gasteiger charge is 2.16. The Morgan fingerprint density at radius 2 is 1.95 bits per heavy atom. The number of carbonyl (C=O) groups excluding carboxylic acids is 1. The van der Waals surface area contributed by atoms with Gasteiger partial charge in [-0.1, -0.05) is 36.4 Å². The average molecular weight is 295 g/mol. The van der Waals surface area contributed by atoms with Gasteiger partial charge in [0.05, 0.1) is 11.3 Å². The van der Waals surface area contributed by atoms with Crippen LogP contribution in [0.4, 0.5) is 5.69 Å². The van der Waals surface area contributed by atoms with Crippen LogP contribution in [0.1, 0.15) is 11.1 Å². The van der Waals surface area contributed by atoms with Gasteiger partial charge in [-0.3, -0.25) is 4.79 Å². The first-order valence-electron chi connectivity index (χ1n) is 6.70. The van der Waals surface area contributed by atoms with E-state index in [9.17, 15) is 14.7 Å². The van der Waals surface area contributed by atoms with Crippen LogP contribution in [0.3, 0.4) is 0 Å². The molecule has 1 aliphatic heterocycles. The third-order valence-electron chi connectivity index (χ3n) is 3.26. The molecule has 5 nitrogen and oxygen atoms in total. The minimum absolute atomic E-state index is 0.00736. The van der Waals surface area contributed by atoms with Crippen LogP contribution in [0.5, 0.6) is 5.75 Å². The zero-order valence-electron chi connectivity index (χ0n) is 11.6. The molecule has 0 aromatic heterocycles. The minimum Gasteiger partial charge on any atom is -0.482 e. The zero-order valence-corrected chi connectivity index (χ0v) is 11.6. The molecule has 0 atom stereocenters. The summed E-state index contributed by atoms with van der Waals surface area (Å²) in [6, 6.07) is 14.0. The molecule has 0 fully saturated rings. The molecule has 1 heterocycles. The molecule has 2 N–H and O–H groups in total. The summed E-state index contributed by atoms with van der Waals surface area (Å²) >= 11 is 0. The number of aliphatic carboxylic acids is 1. The van der Waals surface area contributed by atoms with Crippen LogP contribution in [-0.4, -0.2) is 23.6 Å². The first-order chi connectivity index (χ1) is 10.6. The molecule has 0 unspecified atom stereocenters. The van der Waals surface area contributed by atoms with E-state index in [1.165, 1.54) is 0 Å². The number of carboxylic acid groups (broad SMARTS) is 1. The van der Waals surface area contributed by atoms with E-state index in [2.05, 4.69) is 5.32 Å². The number of benzene rings is 2. The Balaban J connectivity index is 2.01. The van der Waals surface area contributed by atoms with Gasteiger partial charge in [0.15, 0.2) is 6.61 Å². The van der Waals surface area contributed by atoms with Gasteiger partial charge >= 0.3 is 5.97 Å². The highest BCUT2D eigenvalue weighted by molar-refractivity contribution is 6.20. The van der Waals surface area contributed by atoms with Crippen molar-refractivity contribution in [2.45, 2.75) is 0 Å². The Labute approximate surface area is 126 Å². The number of anilines is 1. The van der Waals surface area contributed by atoms with Crippen molar-refractivity contribution in [2.24, 2.45) is 0 Å². The third kappa shape index (κ3) is 2.83. The van der Waals surface area contributed by atoms with Crippen LogP contribution in [0.25, 0.3) is 11.6 Å².